The van der Waals surface area contributed by atoms with Gasteiger partial charge in [0.25, 0.3) is 5.56 Å². The van der Waals surface area contributed by atoms with Crippen LogP contribution in [-0.4, -0.2) is 56.0 Å². The second kappa shape index (κ2) is 6.54. The number of nitrogens with zero attached hydrogens (tertiary/aromatic N) is 3. The Balaban J connectivity index is 2.04. The highest BCUT2D eigenvalue weighted by molar-refractivity contribution is 5.91. The number of nitrogens with one attached hydrogen (secondary N) is 2. The molecule has 0 aliphatic carbocycles. The molecule has 10 nitrogen and oxygen atoms in total. The number of hydrogen-bond donors (Lipinski definition) is 3. The van der Waals surface area contributed by atoms with E-state index in [2.05, 4.69) is 20.3 Å². The van der Waals surface area contributed by atoms with Gasteiger partial charge in [-0.2, -0.15) is 4.98 Å². The average Bonchev–Trinajstić information content (AvgIpc) is 3.09. The zero-order chi connectivity index (χ0) is 18.3. The van der Waals surface area contributed by atoms with Gasteiger partial charge in [0.05, 0.1) is 12.4 Å². The minimum Gasteiger partial charge on any atom is -0.387 e. The van der Waals surface area contributed by atoms with Gasteiger partial charge in [0, 0.05) is 13.0 Å². The molecule has 2 radical (unpaired) electrons. The number of carbonyl (C=O) groups excluding carboxylic acids is 1. The fourth-order valence-corrected chi connectivity index (χ4v) is 2.59. The number of ether oxygens (including phenoxy) is 2. The Labute approximate surface area is 143 Å². The van der Waals surface area contributed by atoms with Crippen LogP contribution in [0.25, 0.3) is 11.2 Å². The van der Waals surface area contributed by atoms with Gasteiger partial charge in [0.1, 0.15) is 12.2 Å². The normalized spacial score (nSPS) is 26.5. The Morgan fingerprint density at radius 2 is 2.28 bits per heavy atom. The number of carbonyl (C=O) groups is 1. The summed E-state index contributed by atoms with van der Waals surface area (Å²) in [6.45, 7) is 9.15. The van der Waals surface area contributed by atoms with E-state index >= 15 is 0 Å². The lowest BCUT2D eigenvalue weighted by atomic mass is 10.1. The number of amides is 1. The molecule has 0 bridgehead atoms. The van der Waals surface area contributed by atoms with Crippen LogP contribution in [0.5, 0.6) is 0 Å². The molecule has 1 aliphatic rings. The van der Waals surface area contributed by atoms with Gasteiger partial charge in [-0.1, -0.05) is 13.8 Å². The summed E-state index contributed by atoms with van der Waals surface area (Å²) in [7, 11) is 1.41. The van der Waals surface area contributed by atoms with Crippen LogP contribution in [0.3, 0.4) is 0 Å². The Bertz CT molecular complexity index is 844. The van der Waals surface area contributed by atoms with Crippen molar-refractivity contribution in [3.05, 3.63) is 23.6 Å². The summed E-state index contributed by atoms with van der Waals surface area (Å²) in [5.41, 5.74) is -0.272. The number of aromatic nitrogens is 4. The van der Waals surface area contributed by atoms with Gasteiger partial charge in [-0.3, -0.25) is 24.5 Å². The Hall–Kier alpha value is -2.30. The summed E-state index contributed by atoms with van der Waals surface area (Å²) < 4.78 is 12.2. The number of rotatable bonds is 4. The van der Waals surface area contributed by atoms with Crippen LogP contribution in [0.2, 0.25) is 0 Å². The van der Waals surface area contributed by atoms with Gasteiger partial charge in [-0.25, -0.2) is 4.98 Å². The zero-order valence-corrected chi connectivity index (χ0v) is 14.0. The van der Waals surface area contributed by atoms with Crippen molar-refractivity contribution in [2.24, 2.45) is 5.92 Å². The molecule has 1 unspecified atom stereocenters. The maximum Gasteiger partial charge on any atom is 0.280 e. The fourth-order valence-electron chi connectivity index (χ4n) is 2.59. The lowest BCUT2D eigenvalue weighted by molar-refractivity contribution is -0.118. The zero-order valence-electron chi connectivity index (χ0n) is 14.0. The topological polar surface area (TPSA) is 131 Å². The molecule has 25 heavy (non-hydrogen) atoms. The highest BCUT2D eigenvalue weighted by atomic mass is 16.6. The van der Waals surface area contributed by atoms with E-state index in [-0.39, 0.29) is 28.9 Å². The molecule has 2 aromatic rings. The van der Waals surface area contributed by atoms with Gasteiger partial charge < -0.3 is 14.6 Å². The van der Waals surface area contributed by atoms with Crippen LogP contribution < -0.4 is 10.9 Å². The quantitative estimate of drug-likeness (QED) is 0.690. The second-order valence-electron chi connectivity index (χ2n) is 6.06. The first-order chi connectivity index (χ1) is 11.8. The Morgan fingerprint density at radius 1 is 1.56 bits per heavy atom. The fraction of sp³-hybridized carbons (Fsp3) is 0.533. The maximum absolute atomic E-state index is 12.2. The van der Waals surface area contributed by atoms with Crippen molar-refractivity contribution >= 4 is 23.0 Å². The molecule has 1 fully saturated rings. The van der Waals surface area contributed by atoms with Crippen LogP contribution in [0.4, 0.5) is 5.95 Å². The molecule has 3 heterocycles. The minimum absolute atomic E-state index is 0.00485. The summed E-state index contributed by atoms with van der Waals surface area (Å²) in [4.78, 5) is 34.7. The number of fused-ring (bicyclic) bond motifs is 1. The number of aromatic amines is 1. The van der Waals surface area contributed by atoms with Crippen molar-refractivity contribution in [2.45, 2.75) is 38.4 Å². The number of hydrogen-bond acceptors (Lipinski definition) is 7. The van der Waals surface area contributed by atoms with Crippen LogP contribution in [0, 0.1) is 12.8 Å². The van der Waals surface area contributed by atoms with E-state index in [0.29, 0.717) is 0 Å². The molecule has 1 saturated heterocycles. The van der Waals surface area contributed by atoms with Gasteiger partial charge in [0.15, 0.2) is 17.4 Å². The van der Waals surface area contributed by atoms with Crippen molar-refractivity contribution in [2.75, 3.05) is 12.4 Å². The molecule has 3 rings (SSSR count). The summed E-state index contributed by atoms with van der Waals surface area (Å²) in [6.07, 6.45) is -2.23. The lowest BCUT2D eigenvalue weighted by Crippen LogP contribution is -2.32. The first-order valence-corrected chi connectivity index (χ1v) is 7.73. The highest BCUT2D eigenvalue weighted by Gasteiger charge is 2.43. The van der Waals surface area contributed by atoms with E-state index in [1.807, 2.05) is 0 Å². The number of aliphatic hydroxyl groups excluding tert-OH is 1. The molecular formula is C15H19N5O5. The molecule has 1 aliphatic heterocycles. The van der Waals surface area contributed by atoms with E-state index in [4.69, 9.17) is 16.4 Å². The average molecular weight is 349 g/mol. The van der Waals surface area contributed by atoms with Gasteiger partial charge >= 0.3 is 0 Å². The third-order valence-electron chi connectivity index (χ3n) is 4.00. The highest BCUT2D eigenvalue weighted by Crippen LogP contribution is 2.32. The van der Waals surface area contributed by atoms with E-state index in [9.17, 15) is 14.7 Å². The number of anilines is 1. The third kappa shape index (κ3) is 3.03. The number of H-pyrrole nitrogens is 1. The molecule has 2 aromatic heterocycles. The molecule has 1 amide bonds. The van der Waals surface area contributed by atoms with Crippen molar-refractivity contribution in [1.82, 2.24) is 19.5 Å². The summed E-state index contributed by atoms with van der Waals surface area (Å²) in [5.74, 6) is -0.581. The van der Waals surface area contributed by atoms with E-state index < -0.39 is 30.1 Å². The van der Waals surface area contributed by atoms with Crippen LogP contribution in [-0.2, 0) is 14.3 Å². The van der Waals surface area contributed by atoms with E-state index in [1.54, 1.807) is 13.8 Å². The maximum atomic E-state index is 12.2. The molecule has 0 spiro atoms. The second-order valence-corrected chi connectivity index (χ2v) is 6.06. The lowest BCUT2D eigenvalue weighted by Gasteiger charge is -2.20. The smallest absolute Gasteiger partial charge is 0.280 e. The predicted molar refractivity (Wildman–Crippen MR) is 86.6 cm³/mol. The molecule has 134 valence electrons. The molecule has 3 N–H and O–H groups in total. The summed E-state index contributed by atoms with van der Waals surface area (Å²) >= 11 is 0. The Kier molecular flexibility index (Phi) is 4.58. The largest absolute Gasteiger partial charge is 0.387 e. The number of methoxy groups -OCH3 is 1. The van der Waals surface area contributed by atoms with Crippen molar-refractivity contribution in [3.63, 3.8) is 0 Å². The Morgan fingerprint density at radius 3 is 2.92 bits per heavy atom. The SMILES string of the molecule is [CH][C@H]1O[C@@H](n2cnc3c(=O)[nH]c(NC(=O)C(C)C)nc32)C(OC)[C@H]1O. The van der Waals surface area contributed by atoms with E-state index in [1.165, 1.54) is 18.0 Å². The molecule has 10 heteroatoms. The summed E-state index contributed by atoms with van der Waals surface area (Å²) in [5, 5.41) is 12.6. The predicted octanol–water partition coefficient (Wildman–Crippen LogP) is -0.302. The first-order valence-electron chi connectivity index (χ1n) is 7.73. The molecule has 0 aromatic carbocycles. The monoisotopic (exact) mass is 349 g/mol. The van der Waals surface area contributed by atoms with Gasteiger partial charge in [-0.15, -0.1) is 0 Å². The first kappa shape index (κ1) is 17.5. The van der Waals surface area contributed by atoms with Gasteiger partial charge in [-0.05, 0) is 6.92 Å². The molecular weight excluding hydrogens is 330 g/mol. The van der Waals surface area contributed by atoms with Crippen molar-refractivity contribution in [1.29, 1.82) is 0 Å². The van der Waals surface area contributed by atoms with E-state index in [0.717, 1.165) is 0 Å². The van der Waals surface area contributed by atoms with Crippen molar-refractivity contribution in [3.8, 4) is 0 Å². The van der Waals surface area contributed by atoms with Crippen LogP contribution in [0.1, 0.15) is 20.1 Å². The van der Waals surface area contributed by atoms with Gasteiger partial charge in [0.2, 0.25) is 11.9 Å². The summed E-state index contributed by atoms with van der Waals surface area (Å²) in [6, 6.07) is 0. The van der Waals surface area contributed by atoms with Crippen LogP contribution in [0.15, 0.2) is 11.1 Å². The number of imidazole rings is 1. The van der Waals surface area contributed by atoms with Crippen LogP contribution >= 0.6 is 0 Å². The standard InChI is InChI=1S/C15H19N5O5/c1-6(2)12(22)18-15-17-11-8(13(23)19-15)16-5-20(11)14-10(24-4)9(21)7(3)25-14/h3,5-7,9-10,14,21H,1-2,4H3,(H2,17,18,19,22,23)/t7-,9+,10?,14-/m1/s1. The molecule has 0 saturated carbocycles. The third-order valence-corrected chi connectivity index (χ3v) is 4.00. The van der Waals surface area contributed by atoms with Crippen molar-refractivity contribution < 1.29 is 19.4 Å². The minimum atomic E-state index is -1.05. The number of aliphatic hydroxyl groups is 1. The molecule has 4 atom stereocenters.